The van der Waals surface area contributed by atoms with Gasteiger partial charge in [0.25, 0.3) is 5.91 Å². The molecule has 4 nitrogen and oxygen atoms in total. The van der Waals surface area contributed by atoms with Gasteiger partial charge in [0.1, 0.15) is 0 Å². The molecule has 0 saturated carbocycles. The van der Waals surface area contributed by atoms with Gasteiger partial charge in [-0.25, -0.2) is 0 Å². The number of hydrogen-bond donors (Lipinski definition) is 3. The first-order chi connectivity index (χ1) is 7.89. The van der Waals surface area contributed by atoms with Crippen LogP contribution in [0.5, 0.6) is 0 Å². The van der Waals surface area contributed by atoms with Crippen molar-refractivity contribution in [1.29, 1.82) is 0 Å². The Balaban J connectivity index is 2.96. The third-order valence-electron chi connectivity index (χ3n) is 2.91. The fraction of sp³-hybridized carbons (Fsp3) is 0.462. The maximum Gasteiger partial charge on any atom is 0.253 e. The summed E-state index contributed by atoms with van der Waals surface area (Å²) in [6.07, 6.45) is 0.871. The average Bonchev–Trinajstić information content (AvgIpc) is 2.28. The summed E-state index contributed by atoms with van der Waals surface area (Å²) < 4.78 is 0. The highest BCUT2D eigenvalue weighted by Gasteiger charge is 2.20. The van der Waals surface area contributed by atoms with Crippen LogP contribution in [0.4, 0.5) is 5.69 Å². The summed E-state index contributed by atoms with van der Waals surface area (Å²) in [4.78, 5) is 12.1. The third kappa shape index (κ3) is 3.46. The van der Waals surface area contributed by atoms with E-state index < -0.39 is 0 Å². The highest BCUT2D eigenvalue weighted by Crippen LogP contribution is 2.18. The van der Waals surface area contributed by atoms with Crippen molar-refractivity contribution >= 4 is 11.6 Å². The minimum atomic E-state index is -0.214. The molecule has 0 atom stereocenters. The molecular weight excluding hydrogens is 214 g/mol. The lowest BCUT2D eigenvalue weighted by molar-refractivity contribution is 0.0912. The predicted octanol–water partition coefficient (Wildman–Crippen LogP) is 2.20. The molecular formula is C13H21N3O. The topological polar surface area (TPSA) is 67.2 Å². The van der Waals surface area contributed by atoms with Crippen molar-refractivity contribution < 1.29 is 4.79 Å². The summed E-state index contributed by atoms with van der Waals surface area (Å²) in [6.45, 7) is 7.99. The first-order valence-corrected chi connectivity index (χ1v) is 5.79. The van der Waals surface area contributed by atoms with Crippen LogP contribution in [0.25, 0.3) is 0 Å². The molecule has 0 heterocycles. The molecule has 0 spiro atoms. The van der Waals surface area contributed by atoms with E-state index in [0.29, 0.717) is 11.3 Å². The van der Waals surface area contributed by atoms with Crippen molar-refractivity contribution in [3.63, 3.8) is 0 Å². The third-order valence-corrected chi connectivity index (χ3v) is 2.91. The Hall–Kier alpha value is -1.55. The number of aryl methyl sites for hydroxylation is 1. The van der Waals surface area contributed by atoms with Gasteiger partial charge in [-0.1, -0.05) is 13.0 Å². The quantitative estimate of drug-likeness (QED) is 0.553. The van der Waals surface area contributed by atoms with Crippen LogP contribution in [-0.2, 0) is 0 Å². The molecule has 4 heteroatoms. The zero-order valence-corrected chi connectivity index (χ0v) is 10.9. The lowest BCUT2D eigenvalue weighted by atomic mass is 10.0. The number of nitrogens with one attached hydrogen (secondary N) is 2. The molecule has 0 fully saturated rings. The van der Waals surface area contributed by atoms with Gasteiger partial charge >= 0.3 is 0 Å². The number of anilines is 1. The van der Waals surface area contributed by atoms with E-state index in [0.717, 1.165) is 12.0 Å². The van der Waals surface area contributed by atoms with Crippen LogP contribution in [0, 0.1) is 6.92 Å². The normalized spacial score (nSPS) is 11.1. The molecule has 1 amide bonds. The van der Waals surface area contributed by atoms with Crippen molar-refractivity contribution in [2.45, 2.75) is 39.7 Å². The van der Waals surface area contributed by atoms with Crippen molar-refractivity contribution in [3.05, 3.63) is 29.3 Å². The molecule has 1 aromatic rings. The summed E-state index contributed by atoms with van der Waals surface area (Å²) in [7, 11) is 0. The maximum atomic E-state index is 12.1. The second kappa shape index (κ2) is 5.19. The van der Waals surface area contributed by atoms with Crippen molar-refractivity contribution in [2.24, 2.45) is 5.84 Å². The number of nitrogens with two attached hydrogens (primary N) is 1. The Labute approximate surface area is 103 Å². The molecule has 0 radical (unpaired) electrons. The van der Waals surface area contributed by atoms with Crippen LogP contribution >= 0.6 is 0 Å². The van der Waals surface area contributed by atoms with E-state index in [1.165, 1.54) is 0 Å². The molecule has 0 aliphatic rings. The van der Waals surface area contributed by atoms with Gasteiger partial charge in [0.05, 0.1) is 11.3 Å². The van der Waals surface area contributed by atoms with E-state index in [-0.39, 0.29) is 11.4 Å². The van der Waals surface area contributed by atoms with E-state index in [4.69, 9.17) is 5.84 Å². The predicted molar refractivity (Wildman–Crippen MR) is 70.8 cm³/mol. The van der Waals surface area contributed by atoms with E-state index >= 15 is 0 Å². The van der Waals surface area contributed by atoms with Crippen LogP contribution in [-0.4, -0.2) is 11.4 Å². The number of hydrogen-bond acceptors (Lipinski definition) is 3. The van der Waals surface area contributed by atoms with Gasteiger partial charge in [-0.3, -0.25) is 10.6 Å². The summed E-state index contributed by atoms with van der Waals surface area (Å²) in [6, 6.07) is 5.54. The zero-order chi connectivity index (χ0) is 13.1. The molecule has 94 valence electrons. The number of nitrogen functional groups attached to an aromatic ring is 1. The number of rotatable bonds is 4. The summed E-state index contributed by atoms with van der Waals surface area (Å²) in [5.74, 6) is 5.32. The van der Waals surface area contributed by atoms with Gasteiger partial charge in [0.15, 0.2) is 0 Å². The van der Waals surface area contributed by atoms with Crippen LogP contribution in [0.2, 0.25) is 0 Å². The van der Waals surface area contributed by atoms with Gasteiger partial charge < -0.3 is 10.7 Å². The number of amides is 1. The van der Waals surface area contributed by atoms with E-state index in [1.807, 2.05) is 39.8 Å². The number of hydrazine groups is 1. The Bertz CT molecular complexity index is 413. The largest absolute Gasteiger partial charge is 0.347 e. The van der Waals surface area contributed by atoms with Gasteiger partial charge in [-0.2, -0.15) is 0 Å². The fourth-order valence-electron chi connectivity index (χ4n) is 1.44. The Kier molecular flexibility index (Phi) is 4.12. The number of benzene rings is 1. The first kappa shape index (κ1) is 13.5. The second-order valence-corrected chi connectivity index (χ2v) is 4.88. The highest BCUT2D eigenvalue weighted by molar-refractivity contribution is 6.00. The van der Waals surface area contributed by atoms with Crippen molar-refractivity contribution in [1.82, 2.24) is 5.32 Å². The minimum Gasteiger partial charge on any atom is -0.347 e. The lowest BCUT2D eigenvalue weighted by Crippen LogP contribution is -2.43. The first-order valence-electron chi connectivity index (χ1n) is 5.79. The maximum absolute atomic E-state index is 12.1. The van der Waals surface area contributed by atoms with Crippen molar-refractivity contribution in [3.8, 4) is 0 Å². The molecule has 0 bridgehead atoms. The zero-order valence-electron chi connectivity index (χ0n) is 10.9. The fourth-order valence-corrected chi connectivity index (χ4v) is 1.44. The Morgan fingerprint density at radius 2 is 2.06 bits per heavy atom. The monoisotopic (exact) mass is 235 g/mol. The smallest absolute Gasteiger partial charge is 0.253 e. The lowest BCUT2D eigenvalue weighted by Gasteiger charge is -2.25. The molecule has 0 unspecified atom stereocenters. The van der Waals surface area contributed by atoms with Crippen LogP contribution < -0.4 is 16.6 Å². The van der Waals surface area contributed by atoms with Gasteiger partial charge in [0.2, 0.25) is 0 Å². The van der Waals surface area contributed by atoms with Crippen LogP contribution in [0.3, 0.4) is 0 Å². The van der Waals surface area contributed by atoms with Gasteiger partial charge in [0, 0.05) is 5.54 Å². The van der Waals surface area contributed by atoms with Crippen molar-refractivity contribution in [2.75, 3.05) is 5.43 Å². The second-order valence-electron chi connectivity index (χ2n) is 4.88. The van der Waals surface area contributed by atoms with Crippen LogP contribution in [0.1, 0.15) is 43.1 Å². The minimum absolute atomic E-state index is 0.107. The number of carbonyl (C=O) groups excluding carboxylic acids is 1. The standard InChI is InChI=1S/C13H21N3O/c1-5-13(3,4)15-12(17)10-7-6-9(2)8-11(10)16-14/h6-8,16H,5,14H2,1-4H3,(H,15,17). The number of carbonyl (C=O) groups is 1. The summed E-state index contributed by atoms with van der Waals surface area (Å²) in [5.41, 5.74) is 4.62. The molecule has 0 aliphatic heterocycles. The summed E-state index contributed by atoms with van der Waals surface area (Å²) in [5, 5.41) is 2.98. The molecule has 1 aromatic carbocycles. The summed E-state index contributed by atoms with van der Waals surface area (Å²) >= 11 is 0. The Morgan fingerprint density at radius 1 is 1.41 bits per heavy atom. The van der Waals surface area contributed by atoms with E-state index in [9.17, 15) is 4.79 Å². The SMILES string of the molecule is CCC(C)(C)NC(=O)c1ccc(C)cc1NN. The molecule has 0 aromatic heterocycles. The molecule has 17 heavy (non-hydrogen) atoms. The van der Waals surface area contributed by atoms with Gasteiger partial charge in [-0.05, 0) is 44.9 Å². The van der Waals surface area contributed by atoms with Crippen LogP contribution in [0.15, 0.2) is 18.2 Å². The molecule has 1 rings (SSSR count). The van der Waals surface area contributed by atoms with Gasteiger partial charge in [-0.15, -0.1) is 0 Å². The highest BCUT2D eigenvalue weighted by atomic mass is 16.1. The van der Waals surface area contributed by atoms with E-state index in [1.54, 1.807) is 6.07 Å². The molecule has 0 aliphatic carbocycles. The van der Waals surface area contributed by atoms with E-state index in [2.05, 4.69) is 10.7 Å². The molecule has 4 N–H and O–H groups in total. The molecule has 0 saturated heterocycles. The average molecular weight is 235 g/mol. The Morgan fingerprint density at radius 3 is 2.59 bits per heavy atom.